The third-order valence-electron chi connectivity index (χ3n) is 4.68. The highest BCUT2D eigenvalue weighted by molar-refractivity contribution is 5.81. The molecule has 3 heteroatoms. The number of fused-ring (bicyclic) bond motifs is 3. The van der Waals surface area contributed by atoms with Gasteiger partial charge in [0.25, 0.3) is 0 Å². The lowest BCUT2D eigenvalue weighted by Gasteiger charge is -2.33. The molecule has 0 unspecified atom stereocenters. The zero-order valence-corrected chi connectivity index (χ0v) is 12.5. The summed E-state index contributed by atoms with van der Waals surface area (Å²) in [6.07, 6.45) is 2.06. The summed E-state index contributed by atoms with van der Waals surface area (Å²) in [5, 5.41) is 9.54. The molecule has 0 spiro atoms. The minimum Gasteiger partial charge on any atom is -0.378 e. The van der Waals surface area contributed by atoms with E-state index < -0.39 is 0 Å². The van der Waals surface area contributed by atoms with Crippen molar-refractivity contribution in [2.45, 2.75) is 12.8 Å². The van der Waals surface area contributed by atoms with E-state index in [9.17, 15) is 5.26 Å². The Bertz CT molecular complexity index is 755. The first-order valence-electron chi connectivity index (χ1n) is 7.85. The van der Waals surface area contributed by atoms with Crippen molar-refractivity contribution in [3.63, 3.8) is 0 Å². The van der Waals surface area contributed by atoms with Gasteiger partial charge in [0.05, 0.1) is 24.5 Å². The van der Waals surface area contributed by atoms with Gasteiger partial charge in [0, 0.05) is 13.1 Å². The highest BCUT2D eigenvalue weighted by Crippen LogP contribution is 2.40. The minimum absolute atomic E-state index is 0.741. The Morgan fingerprint density at radius 1 is 0.955 bits per heavy atom. The van der Waals surface area contributed by atoms with E-state index in [0.29, 0.717) is 0 Å². The van der Waals surface area contributed by atoms with Crippen LogP contribution in [0.1, 0.15) is 16.7 Å². The maximum absolute atomic E-state index is 9.54. The van der Waals surface area contributed by atoms with Crippen molar-refractivity contribution in [2.75, 3.05) is 31.2 Å². The molecule has 0 saturated carbocycles. The second-order valence-corrected chi connectivity index (χ2v) is 5.86. The van der Waals surface area contributed by atoms with E-state index in [1.54, 1.807) is 0 Å². The maximum atomic E-state index is 9.54. The van der Waals surface area contributed by atoms with Crippen molar-refractivity contribution >= 4 is 5.69 Å². The van der Waals surface area contributed by atoms with Crippen LogP contribution in [-0.4, -0.2) is 26.3 Å². The first kappa shape index (κ1) is 13.4. The fraction of sp³-hybridized carbons (Fsp3) is 0.316. The lowest BCUT2D eigenvalue weighted by atomic mass is 9.83. The largest absolute Gasteiger partial charge is 0.378 e. The zero-order valence-electron chi connectivity index (χ0n) is 12.5. The van der Waals surface area contributed by atoms with Crippen LogP contribution in [0.2, 0.25) is 0 Å². The van der Waals surface area contributed by atoms with E-state index in [4.69, 9.17) is 4.74 Å². The summed E-state index contributed by atoms with van der Waals surface area (Å²) in [4.78, 5) is 2.33. The molecule has 1 aliphatic heterocycles. The van der Waals surface area contributed by atoms with Crippen molar-refractivity contribution in [3.05, 3.63) is 53.1 Å². The molecular weight excluding hydrogens is 272 g/mol. The normalized spacial score (nSPS) is 16.6. The molecule has 3 nitrogen and oxygen atoms in total. The van der Waals surface area contributed by atoms with Gasteiger partial charge in [0.15, 0.2) is 0 Å². The van der Waals surface area contributed by atoms with Gasteiger partial charge in [-0.3, -0.25) is 0 Å². The molecule has 0 N–H and O–H groups in total. The van der Waals surface area contributed by atoms with Crippen LogP contribution in [0.25, 0.3) is 11.1 Å². The lowest BCUT2D eigenvalue weighted by molar-refractivity contribution is 0.122. The van der Waals surface area contributed by atoms with Crippen LogP contribution in [0.15, 0.2) is 36.4 Å². The number of benzene rings is 2. The van der Waals surface area contributed by atoms with E-state index in [-0.39, 0.29) is 0 Å². The minimum atomic E-state index is 0.741. The highest BCUT2D eigenvalue weighted by atomic mass is 16.5. The van der Waals surface area contributed by atoms with Crippen molar-refractivity contribution in [1.29, 1.82) is 5.26 Å². The molecule has 1 aliphatic carbocycles. The summed E-state index contributed by atoms with van der Waals surface area (Å²) in [7, 11) is 0. The van der Waals surface area contributed by atoms with Crippen LogP contribution in [0.4, 0.5) is 5.69 Å². The summed E-state index contributed by atoms with van der Waals surface area (Å²) in [6.45, 7) is 3.22. The van der Waals surface area contributed by atoms with Gasteiger partial charge >= 0.3 is 0 Å². The average molecular weight is 290 g/mol. The third kappa shape index (κ3) is 2.08. The zero-order chi connectivity index (χ0) is 14.9. The Hall–Kier alpha value is -2.31. The van der Waals surface area contributed by atoms with Crippen LogP contribution in [0.3, 0.4) is 0 Å². The van der Waals surface area contributed by atoms with E-state index in [2.05, 4.69) is 41.3 Å². The van der Waals surface area contributed by atoms with Crippen LogP contribution in [0, 0.1) is 11.3 Å². The number of anilines is 1. The summed E-state index contributed by atoms with van der Waals surface area (Å²) in [5.41, 5.74) is 7.29. The molecule has 0 aromatic heterocycles. The quantitative estimate of drug-likeness (QED) is 0.809. The van der Waals surface area contributed by atoms with Gasteiger partial charge in [0.2, 0.25) is 0 Å². The smallest absolute Gasteiger partial charge is 0.101 e. The maximum Gasteiger partial charge on any atom is 0.101 e. The monoisotopic (exact) mass is 290 g/mol. The molecule has 0 atom stereocenters. The number of nitriles is 1. The molecule has 2 aromatic carbocycles. The molecule has 2 aromatic rings. The first-order chi connectivity index (χ1) is 10.9. The lowest BCUT2D eigenvalue weighted by Crippen LogP contribution is -2.37. The summed E-state index contributed by atoms with van der Waals surface area (Å²) in [6, 6.07) is 15.1. The van der Waals surface area contributed by atoms with Crippen molar-refractivity contribution < 1.29 is 4.74 Å². The summed E-state index contributed by atoms with van der Waals surface area (Å²) in [5.74, 6) is 0. The molecule has 1 fully saturated rings. The number of rotatable bonds is 1. The standard InChI is InChI=1S/C19H18N2O/c20-13-15-6-7-17-16-4-2-1-3-14(16)5-8-18(17)19(15)21-9-11-22-12-10-21/h1-4,6-7H,5,8-12H2. The van der Waals surface area contributed by atoms with Crippen LogP contribution < -0.4 is 4.90 Å². The van der Waals surface area contributed by atoms with E-state index in [1.807, 2.05) is 6.07 Å². The predicted molar refractivity (Wildman–Crippen MR) is 87.0 cm³/mol. The molecule has 0 bridgehead atoms. The second-order valence-electron chi connectivity index (χ2n) is 5.86. The van der Waals surface area contributed by atoms with Gasteiger partial charge in [0.1, 0.15) is 6.07 Å². The Kier molecular flexibility index (Phi) is 3.32. The van der Waals surface area contributed by atoms with Gasteiger partial charge in [-0.2, -0.15) is 5.26 Å². The Morgan fingerprint density at radius 3 is 2.59 bits per heavy atom. The molecule has 2 aliphatic rings. The summed E-state index contributed by atoms with van der Waals surface area (Å²) >= 11 is 0. The van der Waals surface area contributed by atoms with E-state index >= 15 is 0 Å². The number of ether oxygens (including phenoxy) is 1. The van der Waals surface area contributed by atoms with Gasteiger partial charge in [-0.1, -0.05) is 30.3 Å². The fourth-order valence-corrected chi connectivity index (χ4v) is 3.64. The Balaban J connectivity index is 1.90. The highest BCUT2D eigenvalue weighted by Gasteiger charge is 2.24. The molecule has 0 radical (unpaired) electrons. The van der Waals surface area contributed by atoms with Gasteiger partial charge < -0.3 is 9.64 Å². The van der Waals surface area contributed by atoms with Crippen molar-refractivity contribution in [1.82, 2.24) is 0 Å². The Labute approximate surface area is 130 Å². The molecule has 0 amide bonds. The van der Waals surface area contributed by atoms with Gasteiger partial charge in [-0.05, 0) is 41.2 Å². The van der Waals surface area contributed by atoms with Crippen LogP contribution in [0.5, 0.6) is 0 Å². The SMILES string of the molecule is N#Cc1ccc2c(c1N1CCOCC1)CCc1ccccc1-2. The average Bonchev–Trinajstić information content (AvgIpc) is 2.61. The molecule has 110 valence electrons. The van der Waals surface area contributed by atoms with Crippen LogP contribution >= 0.6 is 0 Å². The molecular formula is C19H18N2O. The molecule has 1 saturated heterocycles. The number of nitrogens with zero attached hydrogens (tertiary/aromatic N) is 2. The number of aryl methyl sites for hydroxylation is 1. The molecule has 1 heterocycles. The van der Waals surface area contributed by atoms with Crippen LogP contribution in [-0.2, 0) is 17.6 Å². The fourth-order valence-electron chi connectivity index (χ4n) is 3.64. The number of morpholine rings is 1. The van der Waals surface area contributed by atoms with Gasteiger partial charge in [-0.25, -0.2) is 0 Å². The third-order valence-corrected chi connectivity index (χ3v) is 4.68. The van der Waals surface area contributed by atoms with Gasteiger partial charge in [-0.15, -0.1) is 0 Å². The predicted octanol–water partition coefficient (Wildman–Crippen LogP) is 3.16. The number of hydrogen-bond acceptors (Lipinski definition) is 3. The first-order valence-corrected chi connectivity index (χ1v) is 7.85. The van der Waals surface area contributed by atoms with Crippen molar-refractivity contribution in [2.24, 2.45) is 0 Å². The Morgan fingerprint density at radius 2 is 1.77 bits per heavy atom. The van der Waals surface area contributed by atoms with E-state index in [0.717, 1.165) is 50.4 Å². The molecule has 22 heavy (non-hydrogen) atoms. The number of hydrogen-bond donors (Lipinski definition) is 0. The molecule has 4 rings (SSSR count). The summed E-state index contributed by atoms with van der Waals surface area (Å²) < 4.78 is 5.47. The van der Waals surface area contributed by atoms with E-state index in [1.165, 1.54) is 22.3 Å². The van der Waals surface area contributed by atoms with Crippen molar-refractivity contribution in [3.8, 4) is 17.2 Å². The topological polar surface area (TPSA) is 36.3 Å². The second kappa shape index (κ2) is 5.47.